The number of rotatable bonds is 2. The lowest BCUT2D eigenvalue weighted by molar-refractivity contribution is 0.181. The van der Waals surface area contributed by atoms with Crippen molar-refractivity contribution in [1.82, 2.24) is 0 Å². The van der Waals surface area contributed by atoms with Crippen LogP contribution in [0.25, 0.3) is 0 Å². The summed E-state index contributed by atoms with van der Waals surface area (Å²) in [6, 6.07) is 1.37. The topological polar surface area (TPSA) is 66.5 Å². The van der Waals surface area contributed by atoms with Crippen molar-refractivity contribution in [2.75, 3.05) is 6.54 Å². The maximum absolute atomic E-state index is 12.7. The van der Waals surface area contributed by atoms with Crippen molar-refractivity contribution in [2.24, 2.45) is 5.73 Å². The summed E-state index contributed by atoms with van der Waals surface area (Å²) in [4.78, 5) is 0. The quantitative estimate of drug-likeness (QED) is 0.640. The van der Waals surface area contributed by atoms with Gasteiger partial charge >= 0.3 is 0 Å². The van der Waals surface area contributed by atoms with Crippen molar-refractivity contribution in [1.29, 1.82) is 0 Å². The van der Waals surface area contributed by atoms with Crippen molar-refractivity contribution in [3.05, 3.63) is 29.3 Å². The Hall–Kier alpha value is -1.20. The van der Waals surface area contributed by atoms with Gasteiger partial charge in [-0.3, -0.25) is 0 Å². The molecule has 4 N–H and O–H groups in total. The van der Waals surface area contributed by atoms with Gasteiger partial charge in [-0.25, -0.2) is 8.78 Å². The largest absolute Gasteiger partial charge is 0.505 e. The standard InChI is InChI=1S/C8H9F2NO2/c9-4-1-5(7(12)3-11)8(13)6(10)2-4/h1-2,7,12-13H,3,11H2/t7-/m0/s1. The summed E-state index contributed by atoms with van der Waals surface area (Å²) in [6.45, 7) is -0.212. The molecule has 0 aromatic heterocycles. The number of phenolic OH excluding ortho intramolecular Hbond substituents is 1. The third-order valence-electron chi connectivity index (χ3n) is 1.64. The number of halogens is 2. The molecule has 0 saturated carbocycles. The summed E-state index contributed by atoms with van der Waals surface area (Å²) in [5.41, 5.74) is 4.83. The minimum atomic E-state index is -1.26. The Bertz CT molecular complexity index is 317. The normalized spacial score (nSPS) is 12.9. The highest BCUT2D eigenvalue weighted by atomic mass is 19.1. The Morgan fingerprint density at radius 2 is 2.00 bits per heavy atom. The van der Waals surface area contributed by atoms with Crippen molar-refractivity contribution < 1.29 is 19.0 Å². The number of phenols is 1. The summed E-state index contributed by atoms with van der Waals surface area (Å²) in [7, 11) is 0. The second kappa shape index (κ2) is 3.68. The van der Waals surface area contributed by atoms with E-state index in [4.69, 9.17) is 15.9 Å². The second-order valence-electron chi connectivity index (χ2n) is 2.58. The number of aliphatic hydroxyl groups excluding tert-OH is 1. The third kappa shape index (κ3) is 1.93. The number of nitrogens with two attached hydrogens (primary N) is 1. The maximum Gasteiger partial charge on any atom is 0.168 e. The van der Waals surface area contributed by atoms with Gasteiger partial charge in [0.1, 0.15) is 5.82 Å². The van der Waals surface area contributed by atoms with Gasteiger partial charge in [-0.05, 0) is 6.07 Å². The van der Waals surface area contributed by atoms with Crippen molar-refractivity contribution >= 4 is 0 Å². The molecule has 1 aromatic rings. The average molecular weight is 189 g/mol. The monoisotopic (exact) mass is 189 g/mol. The van der Waals surface area contributed by atoms with Crippen LogP contribution in [0.5, 0.6) is 5.75 Å². The maximum atomic E-state index is 12.7. The fourth-order valence-electron chi connectivity index (χ4n) is 0.967. The molecule has 3 nitrogen and oxygen atoms in total. The summed E-state index contributed by atoms with van der Waals surface area (Å²) < 4.78 is 25.3. The van der Waals surface area contributed by atoms with E-state index in [1.54, 1.807) is 0 Å². The zero-order valence-corrected chi connectivity index (χ0v) is 6.67. The SMILES string of the molecule is NC[C@H](O)c1cc(F)cc(F)c1O. The first-order valence-corrected chi connectivity index (χ1v) is 3.62. The number of benzene rings is 1. The fraction of sp³-hybridized carbons (Fsp3) is 0.250. The summed E-state index contributed by atoms with van der Waals surface area (Å²) in [5, 5.41) is 18.2. The van der Waals surface area contributed by atoms with Gasteiger partial charge in [0.2, 0.25) is 0 Å². The first-order chi connectivity index (χ1) is 6.06. The van der Waals surface area contributed by atoms with E-state index in [-0.39, 0.29) is 12.1 Å². The Balaban J connectivity index is 3.20. The van der Waals surface area contributed by atoms with Crippen LogP contribution in [0.1, 0.15) is 11.7 Å². The highest BCUT2D eigenvalue weighted by Crippen LogP contribution is 2.27. The van der Waals surface area contributed by atoms with Crippen LogP contribution in [0.3, 0.4) is 0 Å². The molecule has 0 aliphatic rings. The van der Waals surface area contributed by atoms with Gasteiger partial charge in [0.05, 0.1) is 6.10 Å². The highest BCUT2D eigenvalue weighted by Gasteiger charge is 2.15. The second-order valence-corrected chi connectivity index (χ2v) is 2.58. The first kappa shape index (κ1) is 9.88. The number of hydrogen-bond donors (Lipinski definition) is 3. The van der Waals surface area contributed by atoms with Gasteiger partial charge in [0.25, 0.3) is 0 Å². The predicted octanol–water partition coefficient (Wildman–Crippen LogP) is 0.662. The molecule has 0 aliphatic carbocycles. The molecule has 0 saturated heterocycles. The van der Waals surface area contributed by atoms with E-state index in [0.29, 0.717) is 6.07 Å². The van der Waals surface area contributed by atoms with E-state index < -0.39 is 23.5 Å². The van der Waals surface area contributed by atoms with Crippen LogP contribution in [-0.2, 0) is 0 Å². The zero-order chi connectivity index (χ0) is 10.0. The van der Waals surface area contributed by atoms with Crippen molar-refractivity contribution in [2.45, 2.75) is 6.10 Å². The molecule has 1 aromatic carbocycles. The van der Waals surface area contributed by atoms with Crippen LogP contribution in [0.2, 0.25) is 0 Å². The van der Waals surface area contributed by atoms with E-state index in [9.17, 15) is 8.78 Å². The lowest BCUT2D eigenvalue weighted by Gasteiger charge is -2.10. The molecular formula is C8H9F2NO2. The number of hydrogen-bond acceptors (Lipinski definition) is 3. The van der Waals surface area contributed by atoms with Gasteiger partial charge in [0.15, 0.2) is 11.6 Å². The Morgan fingerprint density at radius 3 is 2.54 bits per heavy atom. The Morgan fingerprint density at radius 1 is 1.38 bits per heavy atom. The molecule has 13 heavy (non-hydrogen) atoms. The lowest BCUT2D eigenvalue weighted by atomic mass is 10.1. The Labute approximate surface area is 73.4 Å². The van der Waals surface area contributed by atoms with Crippen LogP contribution < -0.4 is 5.73 Å². The molecule has 0 bridgehead atoms. The van der Waals surface area contributed by atoms with E-state index in [2.05, 4.69) is 0 Å². The van der Waals surface area contributed by atoms with Crippen LogP contribution in [0.15, 0.2) is 12.1 Å². The van der Waals surface area contributed by atoms with E-state index in [0.717, 1.165) is 6.07 Å². The molecular weight excluding hydrogens is 180 g/mol. The molecule has 0 unspecified atom stereocenters. The van der Waals surface area contributed by atoms with Gasteiger partial charge < -0.3 is 15.9 Å². The summed E-state index contributed by atoms with van der Waals surface area (Å²) >= 11 is 0. The predicted molar refractivity (Wildman–Crippen MR) is 42.0 cm³/mol. The number of aliphatic hydroxyl groups is 1. The fourth-order valence-corrected chi connectivity index (χ4v) is 0.967. The molecule has 72 valence electrons. The summed E-state index contributed by atoms with van der Waals surface area (Å²) in [5.74, 6) is -2.74. The van der Waals surface area contributed by atoms with E-state index in [1.165, 1.54) is 0 Å². The highest BCUT2D eigenvalue weighted by molar-refractivity contribution is 5.36. The van der Waals surface area contributed by atoms with E-state index in [1.807, 2.05) is 0 Å². The molecule has 1 rings (SSSR count). The molecule has 0 aliphatic heterocycles. The van der Waals surface area contributed by atoms with Gasteiger partial charge in [0, 0.05) is 18.2 Å². The molecule has 0 heterocycles. The lowest BCUT2D eigenvalue weighted by Crippen LogP contribution is -2.12. The van der Waals surface area contributed by atoms with Gasteiger partial charge in [-0.2, -0.15) is 0 Å². The molecule has 0 spiro atoms. The minimum Gasteiger partial charge on any atom is -0.505 e. The van der Waals surface area contributed by atoms with Crippen molar-refractivity contribution in [3.63, 3.8) is 0 Å². The minimum absolute atomic E-state index is 0.212. The van der Waals surface area contributed by atoms with Crippen LogP contribution in [-0.4, -0.2) is 16.8 Å². The van der Waals surface area contributed by atoms with Gasteiger partial charge in [-0.1, -0.05) is 0 Å². The van der Waals surface area contributed by atoms with Gasteiger partial charge in [-0.15, -0.1) is 0 Å². The molecule has 5 heteroatoms. The van der Waals surface area contributed by atoms with Crippen LogP contribution in [0.4, 0.5) is 8.78 Å². The molecule has 0 fully saturated rings. The first-order valence-electron chi connectivity index (χ1n) is 3.62. The number of aromatic hydroxyl groups is 1. The smallest absolute Gasteiger partial charge is 0.168 e. The molecule has 0 radical (unpaired) electrons. The molecule has 0 amide bonds. The summed E-state index contributed by atoms with van der Waals surface area (Å²) in [6.07, 6.45) is -1.26. The molecule has 1 atom stereocenters. The Kier molecular flexibility index (Phi) is 2.79. The zero-order valence-electron chi connectivity index (χ0n) is 6.67. The van der Waals surface area contributed by atoms with Crippen molar-refractivity contribution in [3.8, 4) is 5.75 Å². The van der Waals surface area contributed by atoms with E-state index >= 15 is 0 Å². The van der Waals surface area contributed by atoms with Crippen LogP contribution in [0, 0.1) is 11.6 Å². The average Bonchev–Trinajstić information content (AvgIpc) is 2.10. The third-order valence-corrected chi connectivity index (χ3v) is 1.64. The van der Waals surface area contributed by atoms with Crippen LogP contribution >= 0.6 is 0 Å².